The van der Waals surface area contributed by atoms with Crippen molar-refractivity contribution in [2.24, 2.45) is 0 Å². The van der Waals surface area contributed by atoms with Gasteiger partial charge in [-0.1, -0.05) is 121 Å². The first kappa shape index (κ1) is 36.9. The first-order chi connectivity index (χ1) is 21.5. The van der Waals surface area contributed by atoms with Crippen LogP contribution < -0.4 is 10.4 Å². The average molecular weight is 831 g/mol. The topological polar surface area (TPSA) is 25.8 Å². The molecular weight excluding hydrogens is 781 g/mol. The van der Waals surface area contributed by atoms with Crippen molar-refractivity contribution in [1.29, 1.82) is 0 Å². The zero-order chi connectivity index (χ0) is 33.5. The van der Waals surface area contributed by atoms with Crippen LogP contribution in [-0.4, -0.2) is 26.1 Å². The molecule has 1 aliphatic rings. The van der Waals surface area contributed by atoms with Gasteiger partial charge in [-0.25, -0.2) is 0 Å². The summed E-state index contributed by atoms with van der Waals surface area (Å²) in [5, 5.41) is 2.92. The van der Waals surface area contributed by atoms with E-state index in [0.29, 0.717) is 0 Å². The molecule has 5 aromatic rings. The van der Waals surface area contributed by atoms with Gasteiger partial charge in [0, 0.05) is 32.5 Å². The zero-order valence-electron chi connectivity index (χ0n) is 30.1. The quantitative estimate of drug-likeness (QED) is 0.126. The monoisotopic (exact) mass is 831 g/mol. The van der Waals surface area contributed by atoms with Gasteiger partial charge in [0.2, 0.25) is 0 Å². The SMILES string of the molecule is CCC(C)(C)c1ccnc(-c2[c-]ccc3c2C(C)(C)c2ccccc2-3)c1.C[Si](C)(C)c1cc[c-]c(-c2cc([Si](C)(C)C)ccn2)c1.[Ir]. The summed E-state index contributed by atoms with van der Waals surface area (Å²) in [4.78, 5) is 9.28. The normalized spacial score (nSPS) is 13.5. The summed E-state index contributed by atoms with van der Waals surface area (Å²) < 4.78 is 0. The van der Waals surface area contributed by atoms with Crippen molar-refractivity contribution >= 4 is 26.5 Å². The molecular formula is C42H50IrN2Si2-2. The van der Waals surface area contributed by atoms with Crippen LogP contribution in [0.4, 0.5) is 0 Å². The third-order valence-corrected chi connectivity index (χ3v) is 13.8. The van der Waals surface area contributed by atoms with Gasteiger partial charge in [-0.15, -0.1) is 64.3 Å². The molecule has 1 aliphatic carbocycles. The van der Waals surface area contributed by atoms with Crippen LogP contribution in [0.3, 0.4) is 0 Å². The van der Waals surface area contributed by atoms with E-state index in [9.17, 15) is 0 Å². The summed E-state index contributed by atoms with van der Waals surface area (Å²) >= 11 is 0. The minimum atomic E-state index is -1.29. The molecule has 0 saturated heterocycles. The summed E-state index contributed by atoms with van der Waals surface area (Å²) in [5.74, 6) is 0. The number of benzene rings is 3. The number of aromatic nitrogens is 2. The summed E-state index contributed by atoms with van der Waals surface area (Å²) in [7, 11) is -2.58. The standard InChI is InChI=1S/C25H26N.C17H24NSi2.Ir/c1-6-24(2,3)17-14-15-26-22(16-17)20-12-9-11-19-18-10-7-8-13-21(18)25(4,5)23(19)20;1-19(2,3)15-9-7-8-14(12-15)17-13-16(10-11-18-17)20(4,5)6;/h7-11,13-16H,6H2,1-5H3;7,9-13H,1-6H3;/q2*-1;. The molecule has 0 atom stereocenters. The molecule has 2 nitrogen and oxygen atoms in total. The second-order valence-corrected chi connectivity index (χ2v) is 26.1. The molecule has 0 bridgehead atoms. The zero-order valence-corrected chi connectivity index (χ0v) is 34.5. The Labute approximate surface area is 299 Å². The van der Waals surface area contributed by atoms with E-state index in [-0.39, 0.29) is 30.9 Å². The van der Waals surface area contributed by atoms with E-state index in [1.54, 1.807) is 0 Å². The number of rotatable bonds is 6. The Morgan fingerprint density at radius 1 is 0.702 bits per heavy atom. The van der Waals surface area contributed by atoms with E-state index in [4.69, 9.17) is 4.98 Å². The van der Waals surface area contributed by atoms with Crippen LogP contribution in [-0.2, 0) is 30.9 Å². The van der Waals surface area contributed by atoms with Crippen molar-refractivity contribution in [3.8, 4) is 33.6 Å². The van der Waals surface area contributed by atoms with Crippen LogP contribution in [0.25, 0.3) is 33.6 Å². The largest absolute Gasteiger partial charge is 0.305 e. The molecule has 0 spiro atoms. The van der Waals surface area contributed by atoms with E-state index in [1.807, 2.05) is 24.5 Å². The molecule has 2 aromatic heterocycles. The number of nitrogens with zero attached hydrogens (tertiary/aromatic N) is 2. The van der Waals surface area contributed by atoms with Gasteiger partial charge in [0.05, 0.1) is 16.1 Å². The third kappa shape index (κ3) is 7.70. The minimum Gasteiger partial charge on any atom is -0.305 e. The fraction of sp³-hybridized carbons (Fsp3) is 0.333. The Morgan fingerprint density at radius 3 is 2.00 bits per heavy atom. The molecule has 0 amide bonds. The molecule has 0 unspecified atom stereocenters. The fourth-order valence-corrected chi connectivity index (χ4v) is 8.59. The summed E-state index contributed by atoms with van der Waals surface area (Å²) in [6.45, 7) is 25.7. The fourth-order valence-electron chi connectivity index (χ4n) is 6.29. The number of hydrogen-bond acceptors (Lipinski definition) is 2. The smallest absolute Gasteiger partial charge is 0.0767 e. The maximum absolute atomic E-state index is 4.73. The molecule has 0 fully saturated rings. The Kier molecular flexibility index (Phi) is 10.9. The second kappa shape index (κ2) is 13.9. The average Bonchev–Trinajstić information content (AvgIpc) is 3.27. The van der Waals surface area contributed by atoms with Gasteiger partial charge in [-0.05, 0) is 57.5 Å². The molecule has 2 heterocycles. The van der Waals surface area contributed by atoms with Crippen molar-refractivity contribution in [2.75, 3.05) is 0 Å². The van der Waals surface area contributed by atoms with Gasteiger partial charge >= 0.3 is 0 Å². The van der Waals surface area contributed by atoms with E-state index in [2.05, 4.69) is 158 Å². The Balaban J connectivity index is 0.000000216. The van der Waals surface area contributed by atoms with Crippen LogP contribution >= 0.6 is 0 Å². The Hall–Kier alpha value is -2.96. The molecule has 0 aliphatic heterocycles. The summed E-state index contributed by atoms with van der Waals surface area (Å²) in [6.07, 6.45) is 4.99. The molecule has 47 heavy (non-hydrogen) atoms. The maximum Gasteiger partial charge on any atom is 0.0767 e. The van der Waals surface area contributed by atoms with Gasteiger partial charge in [0.1, 0.15) is 0 Å². The van der Waals surface area contributed by atoms with Crippen molar-refractivity contribution in [3.05, 3.63) is 120 Å². The van der Waals surface area contributed by atoms with Gasteiger partial charge in [0.15, 0.2) is 0 Å². The molecule has 0 saturated carbocycles. The van der Waals surface area contributed by atoms with Crippen molar-refractivity contribution in [2.45, 2.75) is 91.2 Å². The van der Waals surface area contributed by atoms with Crippen molar-refractivity contribution in [1.82, 2.24) is 9.97 Å². The minimum absolute atomic E-state index is 0. The van der Waals surface area contributed by atoms with Gasteiger partial charge in [-0.2, -0.15) is 0 Å². The predicted molar refractivity (Wildman–Crippen MR) is 204 cm³/mol. The second-order valence-electron chi connectivity index (χ2n) is 15.9. The van der Waals surface area contributed by atoms with Gasteiger partial charge in [-0.3, -0.25) is 0 Å². The third-order valence-electron chi connectivity index (χ3n) is 9.76. The van der Waals surface area contributed by atoms with E-state index >= 15 is 0 Å². The molecule has 1 radical (unpaired) electrons. The van der Waals surface area contributed by atoms with Crippen LogP contribution in [0.5, 0.6) is 0 Å². The van der Waals surface area contributed by atoms with Crippen molar-refractivity contribution < 1.29 is 20.1 Å². The summed E-state index contributed by atoms with van der Waals surface area (Å²) in [5.41, 5.74) is 11.2. The first-order valence-electron chi connectivity index (χ1n) is 16.6. The Morgan fingerprint density at radius 2 is 1.32 bits per heavy atom. The van der Waals surface area contributed by atoms with Crippen LogP contribution in [0.1, 0.15) is 57.7 Å². The van der Waals surface area contributed by atoms with E-state index in [1.165, 1.54) is 38.2 Å². The molecule has 247 valence electrons. The van der Waals surface area contributed by atoms with Crippen LogP contribution in [0.15, 0.2) is 91.3 Å². The molecule has 3 aromatic carbocycles. The molecule has 5 heteroatoms. The predicted octanol–water partition coefficient (Wildman–Crippen LogP) is 10.2. The number of pyridine rings is 2. The number of hydrogen-bond donors (Lipinski definition) is 0. The van der Waals surface area contributed by atoms with Crippen LogP contribution in [0, 0.1) is 12.1 Å². The molecule has 0 N–H and O–H groups in total. The number of fused-ring (bicyclic) bond motifs is 3. The van der Waals surface area contributed by atoms with E-state index in [0.717, 1.165) is 28.9 Å². The van der Waals surface area contributed by atoms with Crippen LogP contribution in [0.2, 0.25) is 39.3 Å². The first-order valence-corrected chi connectivity index (χ1v) is 23.6. The maximum atomic E-state index is 4.73. The van der Waals surface area contributed by atoms with Gasteiger partial charge < -0.3 is 9.97 Å². The van der Waals surface area contributed by atoms with Gasteiger partial charge in [0.25, 0.3) is 0 Å². The Bertz CT molecular complexity index is 1810. The molecule has 6 rings (SSSR count). The van der Waals surface area contributed by atoms with E-state index < -0.39 is 16.1 Å². The van der Waals surface area contributed by atoms with Crippen molar-refractivity contribution in [3.63, 3.8) is 0 Å². The summed E-state index contributed by atoms with van der Waals surface area (Å²) in [6, 6.07) is 35.2.